The van der Waals surface area contributed by atoms with Crippen LogP contribution in [-0.4, -0.2) is 55.1 Å². The van der Waals surface area contributed by atoms with Crippen LogP contribution in [-0.2, 0) is 9.47 Å². The van der Waals surface area contributed by atoms with Crippen molar-refractivity contribution < 1.29 is 9.47 Å². The van der Waals surface area contributed by atoms with Gasteiger partial charge in [0.2, 0.25) is 0 Å². The van der Waals surface area contributed by atoms with E-state index in [4.69, 9.17) is 9.47 Å². The number of hydrogen-bond donors (Lipinski definition) is 0. The van der Waals surface area contributed by atoms with E-state index in [-0.39, 0.29) is 34.9 Å². The van der Waals surface area contributed by atoms with Crippen LogP contribution in [0.25, 0.3) is 44.5 Å². The summed E-state index contributed by atoms with van der Waals surface area (Å²) in [7, 11) is 4.01. The summed E-state index contributed by atoms with van der Waals surface area (Å²) < 4.78 is 20.7. The van der Waals surface area contributed by atoms with Crippen LogP contribution in [0.15, 0.2) is 188 Å². The van der Waals surface area contributed by atoms with Crippen molar-refractivity contribution in [3.05, 3.63) is 244 Å². The average molecular weight is 1310 g/mol. The normalized spacial score (nSPS) is 21.2. The predicted octanol–water partition coefficient (Wildman–Crippen LogP) is 22.1. The van der Waals surface area contributed by atoms with Gasteiger partial charge in [0.05, 0.1) is 0 Å². The molecule has 0 unspecified atom stereocenters. The zero-order chi connectivity index (χ0) is 64.4. The first-order valence-corrected chi connectivity index (χ1v) is 40.8. The van der Waals surface area contributed by atoms with E-state index in [2.05, 4.69) is 304 Å². The van der Waals surface area contributed by atoms with E-state index in [1.165, 1.54) is 100 Å². The fraction of sp³-hybridized carbons (Fsp3) is 0.395. The Bertz CT molecular complexity index is 3440. The van der Waals surface area contributed by atoms with Crippen LogP contribution in [0.1, 0.15) is 239 Å². The third-order valence-electron chi connectivity index (χ3n) is 21.2. The van der Waals surface area contributed by atoms with Crippen LogP contribution in [0.4, 0.5) is 0 Å². The van der Waals surface area contributed by atoms with E-state index in [0.29, 0.717) is 47.3 Å². The van der Waals surface area contributed by atoms with Crippen molar-refractivity contribution in [3.63, 3.8) is 0 Å². The molecule has 4 heteroatoms. The first-order chi connectivity index (χ1) is 43.0. The van der Waals surface area contributed by atoms with Gasteiger partial charge in [-0.1, -0.05) is 0 Å². The minimum atomic E-state index is -3.11. The molecule has 1 heterocycles. The van der Waals surface area contributed by atoms with Crippen LogP contribution in [0.2, 0.25) is 0 Å². The summed E-state index contributed by atoms with van der Waals surface area (Å²) >= 11 is -6.23. The molecule has 466 valence electrons. The monoisotopic (exact) mass is 1310 g/mol. The van der Waals surface area contributed by atoms with Crippen LogP contribution in [0.5, 0.6) is 0 Å². The van der Waals surface area contributed by atoms with Crippen LogP contribution in [0, 0.1) is 10.8 Å². The van der Waals surface area contributed by atoms with Crippen LogP contribution < -0.4 is 8.79 Å². The van der Waals surface area contributed by atoms with E-state index < -0.39 is 28.7 Å². The molecule has 0 bridgehead atoms. The second-order valence-electron chi connectivity index (χ2n) is 29.5. The van der Waals surface area contributed by atoms with Crippen molar-refractivity contribution in [1.29, 1.82) is 0 Å². The first-order valence-electron chi connectivity index (χ1n) is 34.2. The number of rotatable bonds is 20. The van der Waals surface area contributed by atoms with Gasteiger partial charge in [0.1, 0.15) is 0 Å². The van der Waals surface area contributed by atoms with Gasteiger partial charge in [-0.2, -0.15) is 0 Å². The molecule has 8 aromatic rings. The van der Waals surface area contributed by atoms with Crippen molar-refractivity contribution in [2.24, 2.45) is 10.8 Å². The second-order valence-corrected chi connectivity index (χ2v) is 38.6. The standard InChI is InChI=1S/C86H102Ge2O2/c1-51(2)61-37-27-38-62(52(3)4)75(61)69-45-31-46-70(76-63(53(5)6)39-28-40-64(76)54(7)8)81(69)87-49-74(86(18)80(84(86)90-20)60-35-25-22-26-36-60)88(50-73(87)85(17)79(83(85)89-19)59-33-23-21-24-34-59)82-71(77-65(55(9)10)41-29-42-66(77)56(11)12)47-32-48-72(82)78-67(57(13)14)43-30-44-68(78)58(15)16/h21-58,79-80,83-84H,1-20H3/t79-,80-,83+,84+,85+,86+/m1/s1. The molecule has 2 nitrogen and oxygen atoms in total. The molecule has 11 rings (SSSR count). The summed E-state index contributed by atoms with van der Waals surface area (Å²) in [4.78, 5) is 6.24. The molecule has 2 aliphatic carbocycles. The molecule has 3 aliphatic rings. The maximum absolute atomic E-state index is 7.09. The summed E-state index contributed by atoms with van der Waals surface area (Å²) in [6.07, 6.45) is -0.0269. The Balaban J connectivity index is 1.40. The Morgan fingerprint density at radius 2 is 0.500 bits per heavy atom. The summed E-state index contributed by atoms with van der Waals surface area (Å²) in [6.45, 7) is 43.9. The first kappa shape index (κ1) is 65.7. The maximum atomic E-state index is 7.09. The Morgan fingerprint density at radius 3 is 0.700 bits per heavy atom. The number of methoxy groups -OCH3 is 2. The molecule has 0 spiro atoms. The molecule has 8 aromatic carbocycles. The number of hydrogen-bond acceptors (Lipinski definition) is 2. The minimum absolute atomic E-state index is 0.0135. The van der Waals surface area contributed by atoms with Crippen molar-refractivity contribution in [3.8, 4) is 44.5 Å². The average Bonchev–Trinajstić information content (AvgIpc) is 1.50. The van der Waals surface area contributed by atoms with Crippen molar-refractivity contribution >= 4 is 37.5 Å². The van der Waals surface area contributed by atoms with Crippen molar-refractivity contribution in [1.82, 2.24) is 0 Å². The van der Waals surface area contributed by atoms with E-state index in [1.807, 2.05) is 14.2 Å². The third-order valence-corrected chi connectivity index (χ3v) is 36.0. The van der Waals surface area contributed by atoms with Gasteiger partial charge >= 0.3 is 557 Å². The van der Waals surface area contributed by atoms with Gasteiger partial charge in [-0.15, -0.1) is 0 Å². The van der Waals surface area contributed by atoms with Crippen LogP contribution in [0.3, 0.4) is 0 Å². The van der Waals surface area contributed by atoms with Gasteiger partial charge in [-0.3, -0.25) is 0 Å². The summed E-state index contributed by atoms with van der Waals surface area (Å²) in [5.74, 6) is 2.82. The zero-order valence-electron chi connectivity index (χ0n) is 58.1. The summed E-state index contributed by atoms with van der Waals surface area (Å²) in [5, 5.41) is 0. The summed E-state index contributed by atoms with van der Waals surface area (Å²) in [6, 6.07) is 67.0. The molecular formula is C86H102Ge2O2. The molecule has 0 aromatic heterocycles. The van der Waals surface area contributed by atoms with E-state index >= 15 is 0 Å². The molecule has 2 fully saturated rings. The molecule has 6 atom stereocenters. The molecule has 0 saturated heterocycles. The second kappa shape index (κ2) is 26.3. The Kier molecular flexibility index (Phi) is 19.2. The van der Waals surface area contributed by atoms with Gasteiger partial charge in [0, 0.05) is 0 Å². The molecular weight excluding hydrogens is 1210 g/mol. The van der Waals surface area contributed by atoms with E-state index in [9.17, 15) is 0 Å². The van der Waals surface area contributed by atoms with E-state index in [1.54, 1.807) is 17.6 Å². The number of ether oxygens (including phenoxy) is 2. The van der Waals surface area contributed by atoms with Gasteiger partial charge < -0.3 is 0 Å². The zero-order valence-corrected chi connectivity index (χ0v) is 62.3. The molecule has 0 N–H and O–H groups in total. The Morgan fingerprint density at radius 1 is 0.289 bits per heavy atom. The summed E-state index contributed by atoms with van der Waals surface area (Å²) in [5.41, 5.74) is 25.0. The van der Waals surface area contributed by atoms with E-state index in [0.717, 1.165) is 0 Å². The fourth-order valence-corrected chi connectivity index (χ4v) is 36.5. The third kappa shape index (κ3) is 11.4. The molecule has 1 aliphatic heterocycles. The Hall–Kier alpha value is -5.75. The number of benzene rings is 8. The van der Waals surface area contributed by atoms with Gasteiger partial charge in [0.25, 0.3) is 0 Å². The predicted molar refractivity (Wildman–Crippen MR) is 390 cm³/mol. The van der Waals surface area contributed by atoms with Crippen LogP contribution >= 0.6 is 0 Å². The molecule has 2 radical (unpaired) electrons. The van der Waals surface area contributed by atoms with Crippen molar-refractivity contribution in [2.45, 2.75) is 196 Å². The van der Waals surface area contributed by atoms with Gasteiger partial charge in [-0.05, 0) is 0 Å². The molecule has 90 heavy (non-hydrogen) atoms. The topological polar surface area (TPSA) is 18.5 Å². The van der Waals surface area contributed by atoms with Crippen molar-refractivity contribution in [2.75, 3.05) is 14.2 Å². The quantitative estimate of drug-likeness (QED) is 0.0708. The Labute approximate surface area is 552 Å². The van der Waals surface area contributed by atoms with Gasteiger partial charge in [0.15, 0.2) is 0 Å². The molecule has 2 saturated carbocycles. The fourth-order valence-electron chi connectivity index (χ4n) is 16.6. The van der Waals surface area contributed by atoms with Gasteiger partial charge in [-0.25, -0.2) is 0 Å². The SMILES string of the molecule is CO[C@H]1[C@@H](c2ccccc2)[C@]1(C)[C]1=[CH][Ge]([c]2c(-c3c(C(C)C)cccc3C(C)C)cccc2-c2c(C(C)C)cccc2C(C)C)[C]([C@@]2(C)[C@H](c3ccccc3)[C@@H]2OC)=[CH][Ge]1[c]1c(-c2c(C(C)C)cccc2C(C)C)cccc1-c1c(C(C)C)cccc1C(C)C. The molecule has 0 amide bonds.